The third-order valence-corrected chi connectivity index (χ3v) is 31.9. The van der Waals surface area contributed by atoms with Crippen LogP contribution in [0.2, 0.25) is 44.1 Å². The smallest absolute Gasteiger partial charge is 0.120 e. The monoisotopic (exact) mass is 426 g/mol. The molecule has 1 saturated heterocycles. The Morgan fingerprint density at radius 3 is 1.68 bits per heavy atom. The van der Waals surface area contributed by atoms with Crippen LogP contribution in [0.5, 0.6) is 0 Å². The van der Waals surface area contributed by atoms with Gasteiger partial charge in [0, 0.05) is 12.1 Å². The largest absolute Gasteiger partial charge is 0.340 e. The topological polar surface area (TPSA) is 15.3 Å². The van der Waals surface area contributed by atoms with Crippen molar-refractivity contribution < 1.29 is 0 Å². The highest BCUT2D eigenvalue weighted by molar-refractivity contribution is 7.21. The predicted octanol–water partition coefficient (Wildman–Crippen LogP) is 6.48. The zero-order valence-electron chi connectivity index (χ0n) is 19.0. The number of hydrogen-bond donors (Lipinski definition) is 1. The van der Waals surface area contributed by atoms with Gasteiger partial charge in [-0.15, -0.1) is 0 Å². The summed E-state index contributed by atoms with van der Waals surface area (Å²) >= 11 is 0. The van der Waals surface area contributed by atoms with E-state index >= 15 is 0 Å². The standard InChI is InChI=1S/C23H38N2Si3/c1-19(21-15-11-9-12-16-21)24-26(3,4)23-27(5,6)25(28(23,7)8)20(2)22-17-13-10-14-18-22/h9-20,23-24H,1-8H3/t19-,20-/m0/s1. The van der Waals surface area contributed by atoms with E-state index in [9.17, 15) is 0 Å². The van der Waals surface area contributed by atoms with Gasteiger partial charge in [-0.3, -0.25) is 0 Å². The molecule has 0 spiro atoms. The maximum atomic E-state index is 4.17. The van der Waals surface area contributed by atoms with Crippen LogP contribution in [0.3, 0.4) is 0 Å². The van der Waals surface area contributed by atoms with Gasteiger partial charge >= 0.3 is 0 Å². The molecule has 0 unspecified atom stereocenters. The van der Waals surface area contributed by atoms with Crippen molar-refractivity contribution in [3.63, 3.8) is 0 Å². The highest BCUT2D eigenvalue weighted by atomic mass is 28.5. The lowest BCUT2D eigenvalue weighted by molar-refractivity contribution is 0.451. The molecule has 1 heterocycles. The first-order chi connectivity index (χ1) is 13.0. The zero-order chi connectivity index (χ0) is 20.7. The van der Waals surface area contributed by atoms with E-state index in [4.69, 9.17) is 0 Å². The van der Waals surface area contributed by atoms with Crippen LogP contribution >= 0.6 is 0 Å². The molecule has 2 atom stereocenters. The summed E-state index contributed by atoms with van der Waals surface area (Å²) in [5.41, 5.74) is 2.89. The molecule has 0 aliphatic carbocycles. The van der Waals surface area contributed by atoms with Crippen molar-refractivity contribution in [2.45, 2.75) is 70.0 Å². The lowest BCUT2D eigenvalue weighted by Crippen LogP contribution is -2.86. The average Bonchev–Trinajstić information content (AvgIpc) is 2.61. The fraction of sp³-hybridized carbons (Fsp3) is 0.478. The van der Waals surface area contributed by atoms with Gasteiger partial charge in [-0.1, -0.05) is 99.9 Å². The van der Waals surface area contributed by atoms with Gasteiger partial charge in [-0.25, -0.2) is 0 Å². The molecule has 0 aromatic heterocycles. The molecule has 1 aliphatic heterocycles. The van der Waals surface area contributed by atoms with E-state index in [2.05, 4.69) is 123 Å². The van der Waals surface area contributed by atoms with Crippen molar-refractivity contribution in [1.29, 1.82) is 0 Å². The van der Waals surface area contributed by atoms with Gasteiger partial charge in [-0.2, -0.15) is 0 Å². The Morgan fingerprint density at radius 2 is 1.21 bits per heavy atom. The molecule has 28 heavy (non-hydrogen) atoms. The Morgan fingerprint density at radius 1 is 0.786 bits per heavy atom. The van der Waals surface area contributed by atoms with Gasteiger partial charge < -0.3 is 9.21 Å². The molecule has 2 nitrogen and oxygen atoms in total. The molecule has 3 rings (SSSR count). The van der Waals surface area contributed by atoms with Crippen LogP contribution in [0.1, 0.15) is 37.1 Å². The van der Waals surface area contributed by atoms with Crippen LogP contribution in [0.25, 0.3) is 0 Å². The Labute approximate surface area is 175 Å². The van der Waals surface area contributed by atoms with Crippen molar-refractivity contribution >= 4 is 24.7 Å². The summed E-state index contributed by atoms with van der Waals surface area (Å²) in [7, 11) is -4.59. The maximum Gasteiger partial charge on any atom is 0.120 e. The first-order valence-electron chi connectivity index (χ1n) is 10.7. The summed E-state index contributed by atoms with van der Waals surface area (Å²) < 4.78 is 3.02. The third kappa shape index (κ3) is 3.75. The zero-order valence-corrected chi connectivity index (χ0v) is 22.0. The first-order valence-corrected chi connectivity index (χ1v) is 19.8. The molecule has 0 bridgehead atoms. The van der Waals surface area contributed by atoms with Gasteiger partial charge in [0.15, 0.2) is 0 Å². The highest BCUT2D eigenvalue weighted by Gasteiger charge is 2.68. The number of nitrogens with one attached hydrogen (secondary N) is 1. The van der Waals surface area contributed by atoms with Crippen molar-refractivity contribution in [1.82, 2.24) is 9.21 Å². The molecule has 1 N–H and O–H groups in total. The summed E-state index contributed by atoms with van der Waals surface area (Å²) in [6.07, 6.45) is 0. The molecule has 1 aliphatic rings. The number of benzene rings is 2. The van der Waals surface area contributed by atoms with Crippen molar-refractivity contribution in [2.75, 3.05) is 0 Å². The SMILES string of the molecule is C[C@H](N[Si](C)(C)C1[Si](C)(C)N([C@@H](C)c2ccccc2)[Si]1(C)C)c1ccccc1. The second kappa shape index (κ2) is 7.69. The first kappa shape index (κ1) is 21.7. The Kier molecular flexibility index (Phi) is 5.96. The van der Waals surface area contributed by atoms with Gasteiger partial charge in [0.25, 0.3) is 0 Å². The van der Waals surface area contributed by atoms with Gasteiger partial charge in [-0.05, 0) is 29.8 Å². The quantitative estimate of drug-likeness (QED) is 0.532. The van der Waals surface area contributed by atoms with E-state index in [1.807, 2.05) is 0 Å². The van der Waals surface area contributed by atoms with Gasteiger partial charge in [0.1, 0.15) is 24.7 Å². The molecular weight excluding hydrogens is 389 g/mol. The normalized spacial score (nSPS) is 21.7. The summed E-state index contributed by atoms with van der Waals surface area (Å²) in [4.78, 5) is 5.10. The molecular formula is C23H38N2Si3. The van der Waals surface area contributed by atoms with Crippen LogP contribution in [0.4, 0.5) is 0 Å². The van der Waals surface area contributed by atoms with E-state index < -0.39 is 24.7 Å². The minimum absolute atomic E-state index is 0.429. The average molecular weight is 427 g/mol. The van der Waals surface area contributed by atoms with Crippen LogP contribution in [-0.2, 0) is 0 Å². The third-order valence-electron chi connectivity index (χ3n) is 6.93. The maximum absolute atomic E-state index is 4.17. The molecule has 5 heteroatoms. The Balaban J connectivity index is 1.84. The highest BCUT2D eigenvalue weighted by Crippen LogP contribution is 2.56. The fourth-order valence-corrected chi connectivity index (χ4v) is 41.0. The molecule has 0 radical (unpaired) electrons. The molecule has 0 amide bonds. The van der Waals surface area contributed by atoms with Crippen LogP contribution < -0.4 is 4.98 Å². The number of rotatable bonds is 6. The second-order valence-corrected chi connectivity index (χ2v) is 25.4. The summed E-state index contributed by atoms with van der Waals surface area (Å²) in [6, 6.07) is 23.0. The Bertz CT molecular complexity index is 763. The lowest BCUT2D eigenvalue weighted by atomic mass is 10.1. The number of nitrogens with zero attached hydrogens (tertiary/aromatic N) is 1. The van der Waals surface area contributed by atoms with Crippen molar-refractivity contribution in [2.24, 2.45) is 0 Å². The molecule has 2 aromatic rings. The van der Waals surface area contributed by atoms with Crippen LogP contribution in [0, 0.1) is 0 Å². The van der Waals surface area contributed by atoms with E-state index in [0.717, 1.165) is 4.79 Å². The van der Waals surface area contributed by atoms with E-state index in [0.29, 0.717) is 12.1 Å². The minimum Gasteiger partial charge on any atom is -0.340 e. The van der Waals surface area contributed by atoms with Crippen LogP contribution in [-0.4, -0.2) is 28.9 Å². The predicted molar refractivity (Wildman–Crippen MR) is 131 cm³/mol. The summed E-state index contributed by atoms with van der Waals surface area (Å²) in [6.45, 7) is 20.5. The summed E-state index contributed by atoms with van der Waals surface area (Å²) in [5, 5.41) is 0. The summed E-state index contributed by atoms with van der Waals surface area (Å²) in [5.74, 6) is 0. The fourth-order valence-electron chi connectivity index (χ4n) is 6.93. The van der Waals surface area contributed by atoms with Gasteiger partial charge in [0.2, 0.25) is 0 Å². The van der Waals surface area contributed by atoms with Crippen LogP contribution in [0.15, 0.2) is 60.7 Å². The number of hydrogen-bond acceptors (Lipinski definition) is 2. The van der Waals surface area contributed by atoms with Gasteiger partial charge in [0.05, 0.1) is 0 Å². The van der Waals surface area contributed by atoms with E-state index in [-0.39, 0.29) is 0 Å². The molecule has 2 aromatic carbocycles. The second-order valence-electron chi connectivity index (χ2n) is 10.2. The molecule has 1 fully saturated rings. The molecule has 0 saturated carbocycles. The van der Waals surface area contributed by atoms with E-state index in [1.165, 1.54) is 11.1 Å². The lowest BCUT2D eigenvalue weighted by Gasteiger charge is -2.71. The van der Waals surface area contributed by atoms with Crippen molar-refractivity contribution in [3.8, 4) is 0 Å². The Hall–Kier alpha value is -0.989. The minimum atomic E-state index is -1.59. The van der Waals surface area contributed by atoms with Crippen molar-refractivity contribution in [3.05, 3.63) is 71.8 Å². The molecule has 152 valence electrons. The van der Waals surface area contributed by atoms with E-state index in [1.54, 1.807) is 0 Å².